The molecule has 3 heteroatoms. The number of hydrogen-bond acceptors (Lipinski definition) is 3. The molecule has 0 fully saturated rings. The first-order valence-corrected chi connectivity index (χ1v) is 5.40. The van der Waals surface area contributed by atoms with Gasteiger partial charge in [0.05, 0.1) is 14.2 Å². The lowest BCUT2D eigenvalue weighted by molar-refractivity contribution is 0.0927. The number of ether oxygens (including phenoxy) is 2. The molecule has 0 bridgehead atoms. The monoisotopic (exact) mass is 222 g/mol. The summed E-state index contributed by atoms with van der Waals surface area (Å²) >= 11 is 0. The summed E-state index contributed by atoms with van der Waals surface area (Å²) in [6.45, 7) is 3.93. The Labute approximate surface area is 96.4 Å². The van der Waals surface area contributed by atoms with Gasteiger partial charge in [-0.1, -0.05) is 13.8 Å². The number of carbonyl (C=O) groups excluding carboxylic acids is 1. The van der Waals surface area contributed by atoms with Crippen LogP contribution in [-0.4, -0.2) is 20.0 Å². The van der Waals surface area contributed by atoms with Gasteiger partial charge in [0.1, 0.15) is 0 Å². The molecule has 3 nitrogen and oxygen atoms in total. The van der Waals surface area contributed by atoms with E-state index < -0.39 is 0 Å². The Kier molecular flexibility index (Phi) is 4.35. The van der Waals surface area contributed by atoms with E-state index in [9.17, 15) is 4.79 Å². The molecule has 0 aliphatic carbocycles. The lowest BCUT2D eigenvalue weighted by atomic mass is 9.97. The molecule has 0 N–H and O–H groups in total. The fourth-order valence-corrected chi connectivity index (χ4v) is 1.46. The summed E-state index contributed by atoms with van der Waals surface area (Å²) < 4.78 is 10.3. The molecule has 0 heterocycles. The largest absolute Gasteiger partial charge is 0.493 e. The molecule has 0 amide bonds. The zero-order chi connectivity index (χ0) is 12.1. The second kappa shape index (κ2) is 5.54. The number of methoxy groups -OCH3 is 2. The second-order valence-corrected chi connectivity index (χ2v) is 3.74. The first kappa shape index (κ1) is 12.6. The van der Waals surface area contributed by atoms with Gasteiger partial charge in [-0.3, -0.25) is 4.79 Å². The molecule has 0 radical (unpaired) electrons. The third-order valence-corrected chi connectivity index (χ3v) is 2.73. The van der Waals surface area contributed by atoms with Gasteiger partial charge in [0.25, 0.3) is 0 Å². The SMILES string of the molecule is CC[C@H](C)C(=O)c1ccc(OC)c(OC)c1. The molecule has 1 rings (SSSR count). The number of benzene rings is 1. The predicted octanol–water partition coefficient (Wildman–Crippen LogP) is 2.93. The minimum Gasteiger partial charge on any atom is -0.493 e. The number of Topliss-reactive ketones (excluding diaryl/α,β-unsaturated/α-hetero) is 1. The highest BCUT2D eigenvalue weighted by atomic mass is 16.5. The van der Waals surface area contributed by atoms with Crippen molar-refractivity contribution in [3.63, 3.8) is 0 Å². The summed E-state index contributed by atoms with van der Waals surface area (Å²) in [6, 6.07) is 5.26. The molecule has 0 saturated heterocycles. The standard InChI is InChI=1S/C13H18O3/c1-5-9(2)13(14)10-6-7-11(15-3)12(8-10)16-4/h6-9H,5H2,1-4H3/t9-/m0/s1. The third kappa shape index (κ3) is 2.54. The number of ketones is 1. The molecule has 1 aromatic carbocycles. The maximum Gasteiger partial charge on any atom is 0.165 e. The van der Waals surface area contributed by atoms with Gasteiger partial charge in [0.15, 0.2) is 17.3 Å². The number of hydrogen-bond donors (Lipinski definition) is 0. The van der Waals surface area contributed by atoms with Crippen LogP contribution in [0.15, 0.2) is 18.2 Å². The van der Waals surface area contributed by atoms with Crippen molar-refractivity contribution in [2.45, 2.75) is 20.3 Å². The average molecular weight is 222 g/mol. The average Bonchev–Trinajstić information content (AvgIpc) is 2.35. The van der Waals surface area contributed by atoms with Crippen molar-refractivity contribution in [1.82, 2.24) is 0 Å². The van der Waals surface area contributed by atoms with Gasteiger partial charge in [0, 0.05) is 11.5 Å². The van der Waals surface area contributed by atoms with Crippen molar-refractivity contribution in [2.24, 2.45) is 5.92 Å². The Morgan fingerprint density at radius 2 is 1.88 bits per heavy atom. The molecular weight excluding hydrogens is 204 g/mol. The van der Waals surface area contributed by atoms with Crippen LogP contribution in [0, 0.1) is 5.92 Å². The molecule has 16 heavy (non-hydrogen) atoms. The van der Waals surface area contributed by atoms with Crippen molar-refractivity contribution in [3.05, 3.63) is 23.8 Å². The molecule has 1 aromatic rings. The Morgan fingerprint density at radius 1 is 1.25 bits per heavy atom. The van der Waals surface area contributed by atoms with E-state index in [1.54, 1.807) is 32.4 Å². The summed E-state index contributed by atoms with van der Waals surface area (Å²) in [5.74, 6) is 1.42. The van der Waals surface area contributed by atoms with Crippen LogP contribution in [0.2, 0.25) is 0 Å². The van der Waals surface area contributed by atoms with Crippen molar-refractivity contribution < 1.29 is 14.3 Å². The van der Waals surface area contributed by atoms with E-state index in [0.29, 0.717) is 17.1 Å². The van der Waals surface area contributed by atoms with Crippen molar-refractivity contribution in [1.29, 1.82) is 0 Å². The summed E-state index contributed by atoms with van der Waals surface area (Å²) in [7, 11) is 3.14. The summed E-state index contributed by atoms with van der Waals surface area (Å²) in [5, 5.41) is 0. The third-order valence-electron chi connectivity index (χ3n) is 2.73. The zero-order valence-corrected chi connectivity index (χ0v) is 10.2. The molecule has 0 aromatic heterocycles. The molecule has 0 aliphatic heterocycles. The van der Waals surface area contributed by atoms with Crippen LogP contribution in [0.4, 0.5) is 0 Å². The normalized spacial score (nSPS) is 12.0. The highest BCUT2D eigenvalue weighted by molar-refractivity contribution is 5.98. The van der Waals surface area contributed by atoms with E-state index in [0.717, 1.165) is 6.42 Å². The number of rotatable bonds is 5. The summed E-state index contributed by atoms with van der Waals surface area (Å²) in [5.41, 5.74) is 0.673. The predicted molar refractivity (Wildman–Crippen MR) is 63.3 cm³/mol. The summed E-state index contributed by atoms with van der Waals surface area (Å²) in [4.78, 5) is 11.9. The van der Waals surface area contributed by atoms with Crippen LogP contribution >= 0.6 is 0 Å². The fourth-order valence-electron chi connectivity index (χ4n) is 1.46. The van der Waals surface area contributed by atoms with Gasteiger partial charge in [-0.2, -0.15) is 0 Å². The van der Waals surface area contributed by atoms with E-state index in [1.165, 1.54) is 0 Å². The fraction of sp³-hybridized carbons (Fsp3) is 0.462. The minimum atomic E-state index is 0.0399. The van der Waals surface area contributed by atoms with Crippen LogP contribution in [-0.2, 0) is 0 Å². The van der Waals surface area contributed by atoms with E-state index in [1.807, 2.05) is 13.8 Å². The van der Waals surface area contributed by atoms with Crippen LogP contribution < -0.4 is 9.47 Å². The second-order valence-electron chi connectivity index (χ2n) is 3.74. The van der Waals surface area contributed by atoms with E-state index in [4.69, 9.17) is 9.47 Å². The lowest BCUT2D eigenvalue weighted by Crippen LogP contribution is -2.10. The van der Waals surface area contributed by atoms with Gasteiger partial charge in [-0.15, -0.1) is 0 Å². The maximum absolute atomic E-state index is 11.9. The first-order valence-electron chi connectivity index (χ1n) is 5.40. The smallest absolute Gasteiger partial charge is 0.165 e. The summed E-state index contributed by atoms with van der Waals surface area (Å²) in [6.07, 6.45) is 0.840. The molecule has 0 unspecified atom stereocenters. The van der Waals surface area contributed by atoms with E-state index in [-0.39, 0.29) is 11.7 Å². The first-order chi connectivity index (χ1) is 7.63. The highest BCUT2D eigenvalue weighted by Gasteiger charge is 2.15. The Morgan fingerprint density at radius 3 is 2.38 bits per heavy atom. The molecule has 1 atom stereocenters. The van der Waals surface area contributed by atoms with E-state index >= 15 is 0 Å². The zero-order valence-electron chi connectivity index (χ0n) is 10.2. The molecular formula is C13H18O3. The molecule has 88 valence electrons. The molecule has 0 spiro atoms. The maximum atomic E-state index is 11.9. The van der Waals surface area contributed by atoms with Gasteiger partial charge in [0.2, 0.25) is 0 Å². The topological polar surface area (TPSA) is 35.5 Å². The highest BCUT2D eigenvalue weighted by Crippen LogP contribution is 2.28. The molecule has 0 aliphatic rings. The van der Waals surface area contributed by atoms with Crippen LogP contribution in [0.5, 0.6) is 11.5 Å². The van der Waals surface area contributed by atoms with Crippen LogP contribution in [0.3, 0.4) is 0 Å². The van der Waals surface area contributed by atoms with E-state index in [2.05, 4.69) is 0 Å². The molecule has 0 saturated carbocycles. The van der Waals surface area contributed by atoms with Crippen molar-refractivity contribution in [3.8, 4) is 11.5 Å². The van der Waals surface area contributed by atoms with Gasteiger partial charge >= 0.3 is 0 Å². The lowest BCUT2D eigenvalue weighted by Gasteiger charge is -2.11. The Balaban J connectivity index is 3.03. The quantitative estimate of drug-likeness (QED) is 0.718. The Hall–Kier alpha value is -1.51. The Bertz CT molecular complexity index is 371. The van der Waals surface area contributed by atoms with Gasteiger partial charge in [-0.05, 0) is 24.6 Å². The van der Waals surface area contributed by atoms with Crippen LogP contribution in [0.25, 0.3) is 0 Å². The number of carbonyl (C=O) groups is 1. The van der Waals surface area contributed by atoms with Gasteiger partial charge < -0.3 is 9.47 Å². The minimum absolute atomic E-state index is 0.0399. The van der Waals surface area contributed by atoms with Crippen molar-refractivity contribution >= 4 is 5.78 Å². The van der Waals surface area contributed by atoms with Crippen LogP contribution in [0.1, 0.15) is 30.6 Å². The van der Waals surface area contributed by atoms with Crippen molar-refractivity contribution in [2.75, 3.05) is 14.2 Å². The van der Waals surface area contributed by atoms with Gasteiger partial charge in [-0.25, -0.2) is 0 Å².